The third kappa shape index (κ3) is 3.91. The number of carbonyl (C=O) groups excluding carboxylic acids is 1. The Kier molecular flexibility index (Phi) is 5.53. The summed E-state index contributed by atoms with van der Waals surface area (Å²) in [6.07, 6.45) is 4.39. The van der Waals surface area contributed by atoms with E-state index in [-0.39, 0.29) is 24.2 Å². The molecule has 0 saturated carbocycles. The summed E-state index contributed by atoms with van der Waals surface area (Å²) in [7, 11) is 0. The number of nitrogens with zero attached hydrogens (tertiary/aromatic N) is 1. The highest BCUT2D eigenvalue weighted by atomic mass is 19.1. The predicted molar refractivity (Wildman–Crippen MR) is 105 cm³/mol. The van der Waals surface area contributed by atoms with E-state index in [1.54, 1.807) is 18.2 Å². The second-order valence-corrected chi connectivity index (χ2v) is 7.71. The first kappa shape index (κ1) is 18.2. The summed E-state index contributed by atoms with van der Waals surface area (Å²) in [5.41, 5.74) is 1.79. The third-order valence-corrected chi connectivity index (χ3v) is 6.06. The van der Waals surface area contributed by atoms with Crippen LogP contribution in [-0.2, 0) is 11.2 Å². The number of carbonyl (C=O) groups is 1. The Morgan fingerprint density at radius 2 is 1.81 bits per heavy atom. The Labute approximate surface area is 160 Å². The second-order valence-electron chi connectivity index (χ2n) is 7.71. The number of rotatable bonds is 3. The van der Waals surface area contributed by atoms with E-state index in [4.69, 9.17) is 0 Å². The van der Waals surface area contributed by atoms with Gasteiger partial charge in [0.2, 0.25) is 5.91 Å². The zero-order valence-corrected chi connectivity index (χ0v) is 15.6. The summed E-state index contributed by atoms with van der Waals surface area (Å²) in [4.78, 5) is 15.3. The Bertz CT molecular complexity index is 779. The Hall–Kier alpha value is -2.20. The summed E-state index contributed by atoms with van der Waals surface area (Å²) in [6, 6.07) is 17.6. The summed E-state index contributed by atoms with van der Waals surface area (Å²) in [6.45, 7) is 1.75. The molecule has 1 amide bonds. The molecular formula is C23H27FN2O. The molecular weight excluding hydrogens is 339 g/mol. The molecule has 2 fully saturated rings. The van der Waals surface area contributed by atoms with Gasteiger partial charge < -0.3 is 10.2 Å². The number of piperidine rings is 1. The van der Waals surface area contributed by atoms with Crippen molar-refractivity contribution in [3.05, 3.63) is 71.5 Å². The van der Waals surface area contributed by atoms with Gasteiger partial charge in [-0.05, 0) is 43.0 Å². The van der Waals surface area contributed by atoms with Gasteiger partial charge >= 0.3 is 0 Å². The zero-order chi connectivity index (χ0) is 18.6. The van der Waals surface area contributed by atoms with Crippen molar-refractivity contribution in [3.63, 3.8) is 0 Å². The minimum Gasteiger partial charge on any atom is -0.337 e. The highest BCUT2D eigenvalue weighted by molar-refractivity contribution is 5.79. The van der Waals surface area contributed by atoms with Gasteiger partial charge in [-0.25, -0.2) is 4.39 Å². The normalized spacial score (nSPS) is 25.5. The van der Waals surface area contributed by atoms with E-state index in [0.717, 1.165) is 38.8 Å². The smallest absolute Gasteiger partial charge is 0.227 e. The predicted octanol–water partition coefficient (Wildman–Crippen LogP) is 3.90. The average Bonchev–Trinajstić information content (AvgIpc) is 2.93. The molecule has 2 aromatic carbocycles. The largest absolute Gasteiger partial charge is 0.337 e. The lowest BCUT2D eigenvalue weighted by Crippen LogP contribution is -2.58. The molecule has 3 nitrogen and oxygen atoms in total. The van der Waals surface area contributed by atoms with Crippen LogP contribution in [0.3, 0.4) is 0 Å². The average molecular weight is 366 g/mol. The van der Waals surface area contributed by atoms with Crippen LogP contribution in [0, 0.1) is 5.82 Å². The molecule has 0 aromatic heterocycles. The molecule has 0 unspecified atom stereocenters. The lowest BCUT2D eigenvalue weighted by Gasteiger charge is -2.44. The van der Waals surface area contributed by atoms with E-state index in [9.17, 15) is 9.18 Å². The van der Waals surface area contributed by atoms with E-state index in [0.29, 0.717) is 17.5 Å². The summed E-state index contributed by atoms with van der Waals surface area (Å²) < 4.78 is 14.1. The van der Waals surface area contributed by atoms with Crippen LogP contribution in [0.1, 0.15) is 42.7 Å². The Balaban J connectivity index is 1.63. The van der Waals surface area contributed by atoms with Gasteiger partial charge in [-0.2, -0.15) is 0 Å². The highest BCUT2D eigenvalue weighted by Gasteiger charge is 2.40. The summed E-state index contributed by atoms with van der Waals surface area (Å²) in [5, 5.41) is 3.65. The lowest BCUT2D eigenvalue weighted by molar-refractivity contribution is -0.134. The van der Waals surface area contributed by atoms with Crippen LogP contribution in [0.15, 0.2) is 54.6 Å². The van der Waals surface area contributed by atoms with Crippen molar-refractivity contribution in [2.75, 3.05) is 13.1 Å². The molecule has 2 aliphatic heterocycles. The van der Waals surface area contributed by atoms with Crippen molar-refractivity contribution in [2.45, 2.75) is 50.1 Å². The van der Waals surface area contributed by atoms with Crippen LogP contribution in [0.2, 0.25) is 0 Å². The van der Waals surface area contributed by atoms with Gasteiger partial charge in [0.1, 0.15) is 5.82 Å². The quantitative estimate of drug-likeness (QED) is 0.894. The number of hydrogen-bond donors (Lipinski definition) is 1. The van der Waals surface area contributed by atoms with Gasteiger partial charge in [-0.15, -0.1) is 0 Å². The number of hydrogen-bond acceptors (Lipinski definition) is 2. The van der Waals surface area contributed by atoms with E-state index < -0.39 is 0 Å². The van der Waals surface area contributed by atoms with Crippen molar-refractivity contribution in [1.82, 2.24) is 10.2 Å². The zero-order valence-electron chi connectivity index (χ0n) is 15.6. The number of halogens is 1. The molecule has 27 heavy (non-hydrogen) atoms. The van der Waals surface area contributed by atoms with Gasteiger partial charge in [-0.1, -0.05) is 55.0 Å². The molecule has 2 aromatic rings. The number of likely N-dealkylation sites (tertiary alicyclic amines) is 1. The topological polar surface area (TPSA) is 32.3 Å². The molecule has 2 saturated heterocycles. The fraction of sp³-hybridized carbons (Fsp3) is 0.435. The fourth-order valence-electron chi connectivity index (χ4n) is 4.76. The van der Waals surface area contributed by atoms with E-state index >= 15 is 0 Å². The molecule has 2 aliphatic rings. The molecule has 4 heteroatoms. The van der Waals surface area contributed by atoms with E-state index in [1.807, 2.05) is 11.0 Å². The van der Waals surface area contributed by atoms with Crippen LogP contribution in [-0.4, -0.2) is 36.0 Å². The molecule has 142 valence electrons. The molecule has 0 spiro atoms. The van der Waals surface area contributed by atoms with Crippen LogP contribution in [0.25, 0.3) is 0 Å². The van der Waals surface area contributed by atoms with Crippen LogP contribution in [0.4, 0.5) is 4.39 Å². The maximum absolute atomic E-state index is 14.1. The highest BCUT2D eigenvalue weighted by Crippen LogP contribution is 2.35. The first-order chi connectivity index (χ1) is 13.2. The third-order valence-electron chi connectivity index (χ3n) is 6.06. The molecule has 3 atom stereocenters. The summed E-state index contributed by atoms with van der Waals surface area (Å²) in [5.74, 6) is 0.0837. The number of benzene rings is 2. The fourth-order valence-corrected chi connectivity index (χ4v) is 4.76. The van der Waals surface area contributed by atoms with Crippen LogP contribution < -0.4 is 5.32 Å². The van der Waals surface area contributed by atoms with Gasteiger partial charge in [0.05, 0.1) is 12.5 Å². The Morgan fingerprint density at radius 3 is 2.63 bits per heavy atom. The monoisotopic (exact) mass is 366 g/mol. The standard InChI is InChI=1S/C23H27FN2O/c24-20-11-5-4-10-18(20)16-22(27)26-15-7-6-12-21-23(26)19(13-14-25-21)17-8-2-1-3-9-17/h1-5,8-11,19,21,23,25H,6-7,12-16H2/t19-,21-,23-/m1/s1. The molecule has 2 heterocycles. The van der Waals surface area contributed by atoms with Gasteiger partial charge in [0.25, 0.3) is 0 Å². The van der Waals surface area contributed by atoms with Crippen molar-refractivity contribution in [2.24, 2.45) is 0 Å². The minimum atomic E-state index is -0.293. The van der Waals surface area contributed by atoms with Gasteiger partial charge in [-0.3, -0.25) is 4.79 Å². The maximum atomic E-state index is 14.1. The van der Waals surface area contributed by atoms with Gasteiger partial charge in [0.15, 0.2) is 0 Å². The molecule has 0 bridgehead atoms. The number of amides is 1. The van der Waals surface area contributed by atoms with Crippen LogP contribution in [0.5, 0.6) is 0 Å². The summed E-state index contributed by atoms with van der Waals surface area (Å²) >= 11 is 0. The molecule has 0 radical (unpaired) electrons. The first-order valence-corrected chi connectivity index (χ1v) is 10.1. The molecule has 4 rings (SSSR count). The van der Waals surface area contributed by atoms with Crippen molar-refractivity contribution in [1.29, 1.82) is 0 Å². The van der Waals surface area contributed by atoms with Gasteiger partial charge in [0, 0.05) is 18.5 Å². The lowest BCUT2D eigenvalue weighted by atomic mass is 9.80. The number of fused-ring (bicyclic) bond motifs is 1. The van der Waals surface area contributed by atoms with Crippen molar-refractivity contribution in [3.8, 4) is 0 Å². The van der Waals surface area contributed by atoms with Crippen molar-refractivity contribution < 1.29 is 9.18 Å². The second kappa shape index (κ2) is 8.22. The first-order valence-electron chi connectivity index (χ1n) is 10.1. The SMILES string of the molecule is O=C(Cc1ccccc1F)N1CCCC[C@H]2NCC[C@H](c3ccccc3)[C@H]21. The minimum absolute atomic E-state index is 0.0432. The molecule has 1 N–H and O–H groups in total. The van der Waals surface area contributed by atoms with E-state index in [2.05, 4.69) is 29.6 Å². The number of nitrogens with one attached hydrogen (secondary N) is 1. The Morgan fingerprint density at radius 1 is 1.04 bits per heavy atom. The van der Waals surface area contributed by atoms with E-state index in [1.165, 1.54) is 11.6 Å². The molecule has 0 aliphatic carbocycles. The van der Waals surface area contributed by atoms with Crippen LogP contribution >= 0.6 is 0 Å². The maximum Gasteiger partial charge on any atom is 0.227 e. The van der Waals surface area contributed by atoms with Crippen molar-refractivity contribution >= 4 is 5.91 Å².